The SMILES string of the molecule is COCCOCCCCNCCC1CC1. The van der Waals surface area contributed by atoms with Crippen LogP contribution >= 0.6 is 0 Å². The Kier molecular flexibility index (Phi) is 7.88. The number of ether oxygens (including phenoxy) is 2. The standard InChI is InChI=1S/C12H25NO2/c1-14-10-11-15-9-3-2-7-13-8-6-12-4-5-12/h12-13H,2-11H2,1H3. The van der Waals surface area contributed by atoms with Crippen LogP contribution in [0, 0.1) is 5.92 Å². The lowest BCUT2D eigenvalue weighted by molar-refractivity contribution is 0.0688. The first kappa shape index (κ1) is 12.9. The van der Waals surface area contributed by atoms with E-state index in [4.69, 9.17) is 9.47 Å². The number of hydrogen-bond donors (Lipinski definition) is 1. The molecule has 0 saturated heterocycles. The minimum atomic E-state index is 0.708. The van der Waals surface area contributed by atoms with Gasteiger partial charge in [-0.3, -0.25) is 0 Å². The second kappa shape index (κ2) is 9.13. The van der Waals surface area contributed by atoms with E-state index in [9.17, 15) is 0 Å². The molecule has 0 amide bonds. The van der Waals surface area contributed by atoms with E-state index in [0.29, 0.717) is 6.61 Å². The summed E-state index contributed by atoms with van der Waals surface area (Å²) < 4.78 is 10.3. The van der Waals surface area contributed by atoms with Crippen molar-refractivity contribution in [1.82, 2.24) is 5.32 Å². The van der Waals surface area contributed by atoms with E-state index in [2.05, 4.69) is 5.32 Å². The van der Waals surface area contributed by atoms with Crippen molar-refractivity contribution in [3.63, 3.8) is 0 Å². The van der Waals surface area contributed by atoms with E-state index in [0.717, 1.165) is 32.1 Å². The zero-order valence-corrected chi connectivity index (χ0v) is 9.96. The molecule has 90 valence electrons. The maximum absolute atomic E-state index is 5.38. The first-order chi connectivity index (χ1) is 7.43. The monoisotopic (exact) mass is 215 g/mol. The van der Waals surface area contributed by atoms with Gasteiger partial charge in [0.1, 0.15) is 0 Å². The molecule has 1 N–H and O–H groups in total. The van der Waals surface area contributed by atoms with Crippen LogP contribution in [-0.2, 0) is 9.47 Å². The van der Waals surface area contributed by atoms with E-state index in [1.165, 1.54) is 32.2 Å². The number of unbranched alkanes of at least 4 members (excludes halogenated alkanes) is 1. The molecule has 0 aliphatic heterocycles. The lowest BCUT2D eigenvalue weighted by atomic mass is 10.3. The van der Waals surface area contributed by atoms with E-state index in [1.54, 1.807) is 7.11 Å². The fourth-order valence-electron chi connectivity index (χ4n) is 1.54. The summed E-state index contributed by atoms with van der Waals surface area (Å²) in [5, 5.41) is 3.48. The fourth-order valence-corrected chi connectivity index (χ4v) is 1.54. The first-order valence-electron chi connectivity index (χ1n) is 6.21. The zero-order valence-electron chi connectivity index (χ0n) is 9.96. The number of nitrogens with one attached hydrogen (secondary N) is 1. The molecule has 1 saturated carbocycles. The van der Waals surface area contributed by atoms with Crippen molar-refractivity contribution in [2.45, 2.75) is 32.1 Å². The Balaban J connectivity index is 1.62. The maximum atomic E-state index is 5.38. The minimum absolute atomic E-state index is 0.708. The Morgan fingerprint density at radius 1 is 1.07 bits per heavy atom. The van der Waals surface area contributed by atoms with Gasteiger partial charge in [0.2, 0.25) is 0 Å². The lowest BCUT2D eigenvalue weighted by Crippen LogP contribution is -2.17. The van der Waals surface area contributed by atoms with Crippen molar-refractivity contribution in [3.05, 3.63) is 0 Å². The van der Waals surface area contributed by atoms with Gasteiger partial charge in [-0.05, 0) is 38.3 Å². The molecule has 0 atom stereocenters. The quantitative estimate of drug-likeness (QED) is 0.533. The van der Waals surface area contributed by atoms with Gasteiger partial charge < -0.3 is 14.8 Å². The molecule has 3 nitrogen and oxygen atoms in total. The molecule has 0 unspecified atom stereocenters. The molecule has 1 fully saturated rings. The van der Waals surface area contributed by atoms with Gasteiger partial charge in [0.25, 0.3) is 0 Å². The largest absolute Gasteiger partial charge is 0.382 e. The molecule has 15 heavy (non-hydrogen) atoms. The molecular weight excluding hydrogens is 190 g/mol. The lowest BCUT2D eigenvalue weighted by Gasteiger charge is -2.05. The van der Waals surface area contributed by atoms with Gasteiger partial charge >= 0.3 is 0 Å². The van der Waals surface area contributed by atoms with Gasteiger partial charge in [0, 0.05) is 13.7 Å². The molecule has 0 aromatic rings. The highest BCUT2D eigenvalue weighted by molar-refractivity contribution is 4.73. The normalized spacial score (nSPS) is 15.8. The molecule has 0 radical (unpaired) electrons. The summed E-state index contributed by atoms with van der Waals surface area (Å²) in [6.07, 6.45) is 6.69. The molecule has 0 spiro atoms. The van der Waals surface area contributed by atoms with Crippen molar-refractivity contribution < 1.29 is 9.47 Å². The van der Waals surface area contributed by atoms with Crippen molar-refractivity contribution in [3.8, 4) is 0 Å². The van der Waals surface area contributed by atoms with Crippen molar-refractivity contribution in [1.29, 1.82) is 0 Å². The van der Waals surface area contributed by atoms with Crippen LogP contribution in [0.25, 0.3) is 0 Å². The Hall–Kier alpha value is -0.120. The predicted octanol–water partition coefficient (Wildman–Crippen LogP) is 1.82. The van der Waals surface area contributed by atoms with Crippen LogP contribution in [0.5, 0.6) is 0 Å². The van der Waals surface area contributed by atoms with Crippen LogP contribution in [-0.4, -0.2) is 40.0 Å². The average Bonchev–Trinajstić information content (AvgIpc) is 3.05. The van der Waals surface area contributed by atoms with Crippen LogP contribution in [0.4, 0.5) is 0 Å². The number of hydrogen-bond acceptors (Lipinski definition) is 3. The smallest absolute Gasteiger partial charge is 0.0700 e. The predicted molar refractivity (Wildman–Crippen MR) is 62.1 cm³/mol. The van der Waals surface area contributed by atoms with Crippen molar-refractivity contribution in [2.75, 3.05) is 40.0 Å². The van der Waals surface area contributed by atoms with Crippen molar-refractivity contribution >= 4 is 0 Å². The van der Waals surface area contributed by atoms with Crippen LogP contribution in [0.15, 0.2) is 0 Å². The van der Waals surface area contributed by atoms with Crippen LogP contribution < -0.4 is 5.32 Å². The molecule has 0 bridgehead atoms. The van der Waals surface area contributed by atoms with Gasteiger partial charge in [0.05, 0.1) is 13.2 Å². The van der Waals surface area contributed by atoms with E-state index in [-0.39, 0.29) is 0 Å². The molecule has 1 aliphatic carbocycles. The summed E-state index contributed by atoms with van der Waals surface area (Å²) >= 11 is 0. The Bertz CT molecular complexity index is 138. The second-order valence-electron chi connectivity index (χ2n) is 4.29. The molecule has 1 aliphatic rings. The summed E-state index contributed by atoms with van der Waals surface area (Å²) in [5.74, 6) is 1.05. The summed E-state index contributed by atoms with van der Waals surface area (Å²) in [6, 6.07) is 0. The van der Waals surface area contributed by atoms with Crippen molar-refractivity contribution in [2.24, 2.45) is 5.92 Å². The summed E-state index contributed by atoms with van der Waals surface area (Å²) in [7, 11) is 1.70. The summed E-state index contributed by atoms with van der Waals surface area (Å²) in [4.78, 5) is 0. The van der Waals surface area contributed by atoms with Gasteiger partial charge in [-0.25, -0.2) is 0 Å². The third-order valence-electron chi connectivity index (χ3n) is 2.75. The highest BCUT2D eigenvalue weighted by atomic mass is 16.5. The van der Waals surface area contributed by atoms with E-state index < -0.39 is 0 Å². The van der Waals surface area contributed by atoms with Crippen LogP contribution in [0.1, 0.15) is 32.1 Å². The first-order valence-corrected chi connectivity index (χ1v) is 6.21. The third-order valence-corrected chi connectivity index (χ3v) is 2.75. The van der Waals surface area contributed by atoms with Gasteiger partial charge in [-0.2, -0.15) is 0 Å². The van der Waals surface area contributed by atoms with Gasteiger partial charge in [-0.15, -0.1) is 0 Å². The minimum Gasteiger partial charge on any atom is -0.382 e. The summed E-state index contributed by atoms with van der Waals surface area (Å²) in [6.45, 7) is 4.65. The molecule has 0 aromatic carbocycles. The highest BCUT2D eigenvalue weighted by Crippen LogP contribution is 2.31. The Morgan fingerprint density at radius 3 is 2.67 bits per heavy atom. The molecular formula is C12H25NO2. The summed E-state index contributed by atoms with van der Waals surface area (Å²) in [5.41, 5.74) is 0. The van der Waals surface area contributed by atoms with Gasteiger partial charge in [-0.1, -0.05) is 12.8 Å². The highest BCUT2D eigenvalue weighted by Gasteiger charge is 2.19. The van der Waals surface area contributed by atoms with Gasteiger partial charge in [0.15, 0.2) is 0 Å². The van der Waals surface area contributed by atoms with Crippen LogP contribution in [0.2, 0.25) is 0 Å². The number of rotatable bonds is 11. The van der Waals surface area contributed by atoms with E-state index >= 15 is 0 Å². The number of methoxy groups -OCH3 is 1. The van der Waals surface area contributed by atoms with E-state index in [1.807, 2.05) is 0 Å². The average molecular weight is 215 g/mol. The third kappa shape index (κ3) is 8.85. The topological polar surface area (TPSA) is 30.5 Å². The second-order valence-corrected chi connectivity index (χ2v) is 4.29. The van der Waals surface area contributed by atoms with Crippen LogP contribution in [0.3, 0.4) is 0 Å². The molecule has 0 heterocycles. The fraction of sp³-hybridized carbons (Fsp3) is 1.00. The Morgan fingerprint density at radius 2 is 1.93 bits per heavy atom. The molecule has 1 rings (SSSR count). The maximum Gasteiger partial charge on any atom is 0.0700 e. The molecule has 3 heteroatoms. The Labute approximate surface area is 93.5 Å². The zero-order chi connectivity index (χ0) is 10.8. The molecule has 0 aromatic heterocycles.